The molecule has 18 heavy (non-hydrogen) atoms. The number of fused-ring (bicyclic) bond motifs is 3. The first-order valence-electron chi connectivity index (χ1n) is 5.19. The second-order valence-corrected chi connectivity index (χ2v) is 4.54. The first-order chi connectivity index (χ1) is 8.74. The molecule has 0 unspecified atom stereocenters. The monoisotopic (exact) mass is 260 g/mol. The van der Waals surface area contributed by atoms with Crippen LogP contribution in [0, 0.1) is 0 Å². The van der Waals surface area contributed by atoms with Crippen molar-refractivity contribution in [2.75, 3.05) is 5.75 Å². The summed E-state index contributed by atoms with van der Waals surface area (Å²) in [5.41, 5.74) is 1.53. The van der Waals surface area contributed by atoms with Gasteiger partial charge in [0, 0.05) is 5.39 Å². The average Bonchev–Trinajstić information content (AvgIpc) is 2.74. The number of nitrogens with zero attached hydrogens (tertiary/aromatic N) is 4. The van der Waals surface area contributed by atoms with Crippen LogP contribution >= 0.6 is 11.9 Å². The van der Waals surface area contributed by atoms with Gasteiger partial charge in [-0.25, -0.2) is 9.97 Å². The summed E-state index contributed by atoms with van der Waals surface area (Å²) < 4.78 is 1.45. The van der Waals surface area contributed by atoms with Crippen molar-refractivity contribution in [1.29, 1.82) is 0 Å². The first-order valence-corrected chi connectivity index (χ1v) is 6.13. The van der Waals surface area contributed by atoms with E-state index in [1.165, 1.54) is 10.4 Å². The molecule has 0 aromatic heterocycles. The van der Waals surface area contributed by atoms with Gasteiger partial charge in [0.2, 0.25) is 0 Å². The van der Waals surface area contributed by atoms with Crippen LogP contribution in [0.15, 0.2) is 30.6 Å². The molecule has 2 heterocycles. The zero-order valence-electron chi connectivity index (χ0n) is 9.15. The molecule has 0 bridgehead atoms. The van der Waals surface area contributed by atoms with E-state index >= 15 is 0 Å². The summed E-state index contributed by atoms with van der Waals surface area (Å²) in [7, 11) is 0. The third-order valence-electron chi connectivity index (χ3n) is 2.39. The fourth-order valence-corrected chi connectivity index (χ4v) is 2.16. The maximum absolute atomic E-state index is 10.5. The normalized spacial score (nSPS) is 11.1. The average molecular weight is 260 g/mol. The van der Waals surface area contributed by atoms with Crippen molar-refractivity contribution in [3.8, 4) is 11.5 Å². The minimum absolute atomic E-state index is 0.0586. The van der Waals surface area contributed by atoms with Gasteiger partial charge in [-0.3, -0.25) is 4.79 Å². The molecule has 0 fully saturated rings. The largest absolute Gasteiger partial charge is 0.481 e. The Bertz CT molecular complexity index is 697. The minimum atomic E-state index is -0.889. The number of hydrogen-bond acceptors (Lipinski definition) is 5. The highest BCUT2D eigenvalue weighted by molar-refractivity contribution is 7.98. The molecule has 1 aromatic carbocycles. The molecule has 2 aliphatic heterocycles. The number of carboxylic acid groups (broad SMARTS) is 1. The van der Waals surface area contributed by atoms with Gasteiger partial charge in [-0.1, -0.05) is 18.2 Å². The number of carbonyl (C=O) groups is 1. The van der Waals surface area contributed by atoms with Gasteiger partial charge in [-0.2, -0.15) is 9.19 Å². The van der Waals surface area contributed by atoms with Crippen molar-refractivity contribution < 1.29 is 9.90 Å². The van der Waals surface area contributed by atoms with Crippen LogP contribution in [0.1, 0.15) is 0 Å². The van der Waals surface area contributed by atoms with E-state index in [1.807, 2.05) is 24.3 Å². The molecular formula is C11H8N4O2S. The van der Waals surface area contributed by atoms with Crippen molar-refractivity contribution >= 4 is 28.8 Å². The van der Waals surface area contributed by atoms with Crippen LogP contribution in [-0.2, 0) is 4.79 Å². The predicted octanol–water partition coefficient (Wildman–Crippen LogP) is 1.51. The van der Waals surface area contributed by atoms with Gasteiger partial charge < -0.3 is 5.11 Å². The second kappa shape index (κ2) is 4.26. The minimum Gasteiger partial charge on any atom is -0.481 e. The van der Waals surface area contributed by atoms with Crippen LogP contribution in [0.25, 0.3) is 22.4 Å². The summed E-state index contributed by atoms with van der Waals surface area (Å²) >= 11 is 1.07. The van der Waals surface area contributed by atoms with E-state index in [2.05, 4.69) is 15.1 Å². The molecule has 0 amide bonds. The molecule has 0 saturated carbocycles. The quantitative estimate of drug-likeness (QED) is 0.768. The lowest BCUT2D eigenvalue weighted by Crippen LogP contribution is -2.05. The summed E-state index contributed by atoms with van der Waals surface area (Å²) in [6.45, 7) is 0. The van der Waals surface area contributed by atoms with Crippen molar-refractivity contribution in [2.45, 2.75) is 0 Å². The summed E-state index contributed by atoms with van der Waals surface area (Å²) in [5, 5.41) is 13.9. The van der Waals surface area contributed by atoms with Gasteiger partial charge in [0.15, 0.2) is 5.82 Å². The van der Waals surface area contributed by atoms with Crippen molar-refractivity contribution in [3.63, 3.8) is 0 Å². The molecule has 1 N–H and O–H groups in total. The molecule has 2 aliphatic rings. The molecule has 7 heteroatoms. The molecule has 6 nitrogen and oxygen atoms in total. The van der Waals surface area contributed by atoms with Gasteiger partial charge in [0.05, 0.1) is 5.52 Å². The molecule has 0 atom stereocenters. The Labute approximate surface area is 106 Å². The fraction of sp³-hybridized carbons (Fsp3) is 0.0909. The van der Waals surface area contributed by atoms with Crippen LogP contribution in [-0.4, -0.2) is 36.0 Å². The maximum Gasteiger partial charge on any atom is 0.315 e. The molecule has 0 saturated heterocycles. The summed E-state index contributed by atoms with van der Waals surface area (Å²) in [6, 6.07) is 7.63. The van der Waals surface area contributed by atoms with E-state index in [4.69, 9.17) is 5.11 Å². The van der Waals surface area contributed by atoms with E-state index in [-0.39, 0.29) is 5.75 Å². The fourth-order valence-electron chi connectivity index (χ4n) is 1.66. The third kappa shape index (κ3) is 1.88. The van der Waals surface area contributed by atoms with Crippen molar-refractivity contribution in [1.82, 2.24) is 19.2 Å². The van der Waals surface area contributed by atoms with E-state index in [9.17, 15) is 4.79 Å². The number of rotatable bonds is 3. The SMILES string of the molecule is O=C(O)CSn1cnc2nc3ccccc3c-2n1. The van der Waals surface area contributed by atoms with E-state index < -0.39 is 5.97 Å². The summed E-state index contributed by atoms with van der Waals surface area (Å²) in [6.07, 6.45) is 1.47. The first kappa shape index (κ1) is 11.0. The molecule has 90 valence electrons. The highest BCUT2D eigenvalue weighted by Gasteiger charge is 2.15. The lowest BCUT2D eigenvalue weighted by molar-refractivity contribution is -0.133. The standard InChI is InChI=1S/C11H8N4O2S/c16-9(17)5-18-15-6-12-11-10(14-15)7-3-1-2-4-8(7)13-11/h1-4,6H,5H2,(H,16,17). The lowest BCUT2D eigenvalue weighted by atomic mass is 10.2. The van der Waals surface area contributed by atoms with Gasteiger partial charge in [0.25, 0.3) is 0 Å². The molecule has 0 aliphatic carbocycles. The molecular weight excluding hydrogens is 252 g/mol. The topological polar surface area (TPSA) is 80.9 Å². The van der Waals surface area contributed by atoms with Crippen LogP contribution in [0.4, 0.5) is 0 Å². The highest BCUT2D eigenvalue weighted by atomic mass is 32.2. The molecule has 1 aromatic rings. The number of carboxylic acids is 1. The Morgan fingerprint density at radius 3 is 3.06 bits per heavy atom. The number of benzene rings is 1. The Morgan fingerprint density at radius 2 is 2.22 bits per heavy atom. The van der Waals surface area contributed by atoms with Crippen LogP contribution in [0.5, 0.6) is 0 Å². The van der Waals surface area contributed by atoms with Gasteiger partial charge in [0.1, 0.15) is 17.8 Å². The van der Waals surface area contributed by atoms with Crippen molar-refractivity contribution in [2.24, 2.45) is 0 Å². The lowest BCUT2D eigenvalue weighted by Gasteiger charge is -2.03. The number of para-hydroxylation sites is 1. The van der Waals surface area contributed by atoms with Gasteiger partial charge in [-0.05, 0) is 18.0 Å². The van der Waals surface area contributed by atoms with Crippen LogP contribution < -0.4 is 0 Å². The summed E-state index contributed by atoms with van der Waals surface area (Å²) in [4.78, 5) is 19.0. The third-order valence-corrected chi connectivity index (χ3v) is 3.21. The van der Waals surface area contributed by atoms with E-state index in [0.29, 0.717) is 11.5 Å². The second-order valence-electron chi connectivity index (χ2n) is 3.62. The van der Waals surface area contributed by atoms with Crippen LogP contribution in [0.2, 0.25) is 0 Å². The maximum atomic E-state index is 10.5. The Balaban J connectivity index is 2.07. The number of hydrogen-bond donors (Lipinski definition) is 1. The Hall–Kier alpha value is -2.15. The predicted molar refractivity (Wildman–Crippen MR) is 67.4 cm³/mol. The molecule has 3 rings (SSSR count). The van der Waals surface area contributed by atoms with E-state index in [1.54, 1.807) is 0 Å². The highest BCUT2D eigenvalue weighted by Crippen LogP contribution is 2.26. The number of aromatic nitrogens is 4. The number of aliphatic carboxylic acids is 1. The molecule has 0 radical (unpaired) electrons. The zero-order chi connectivity index (χ0) is 12.5. The van der Waals surface area contributed by atoms with Gasteiger partial charge >= 0.3 is 5.97 Å². The van der Waals surface area contributed by atoms with Crippen molar-refractivity contribution in [3.05, 3.63) is 30.6 Å². The van der Waals surface area contributed by atoms with Gasteiger partial charge in [-0.15, -0.1) is 0 Å². The molecule has 0 spiro atoms. The Kier molecular flexibility index (Phi) is 2.60. The zero-order valence-corrected chi connectivity index (χ0v) is 9.96. The smallest absolute Gasteiger partial charge is 0.315 e. The van der Waals surface area contributed by atoms with Crippen LogP contribution in [0.3, 0.4) is 0 Å². The Morgan fingerprint density at radius 1 is 1.39 bits per heavy atom. The summed E-state index contributed by atoms with van der Waals surface area (Å²) in [5.74, 6) is -0.375. The van der Waals surface area contributed by atoms with E-state index in [0.717, 1.165) is 22.9 Å².